The second kappa shape index (κ2) is 18.5. The molecular formula is C13H31N. The first-order valence-corrected chi connectivity index (χ1v) is 5.85. The van der Waals surface area contributed by atoms with Crippen LogP contribution in [0, 0.1) is 5.92 Å². The molecule has 0 heterocycles. The Morgan fingerprint density at radius 1 is 1.21 bits per heavy atom. The van der Waals surface area contributed by atoms with Gasteiger partial charge in [0.15, 0.2) is 0 Å². The largest absolute Gasteiger partial charge is 0.309 e. The summed E-state index contributed by atoms with van der Waals surface area (Å²) < 4.78 is 0. The Labute approximate surface area is 92.2 Å². The van der Waals surface area contributed by atoms with E-state index in [1.165, 1.54) is 19.4 Å². The second-order valence-corrected chi connectivity index (χ2v) is 3.42. The first-order chi connectivity index (χ1) is 6.58. The van der Waals surface area contributed by atoms with Crippen LogP contribution in [-0.2, 0) is 0 Å². The van der Waals surface area contributed by atoms with Crippen molar-refractivity contribution in [1.29, 1.82) is 0 Å². The van der Waals surface area contributed by atoms with Crippen molar-refractivity contribution in [3.63, 3.8) is 0 Å². The summed E-state index contributed by atoms with van der Waals surface area (Å²) in [6.07, 6.45) is 4.44. The molecule has 1 nitrogen and oxygen atoms in total. The third-order valence-corrected chi connectivity index (χ3v) is 1.72. The zero-order chi connectivity index (χ0) is 12.0. The zero-order valence-corrected chi connectivity index (χ0v) is 11.4. The molecule has 0 aliphatic heterocycles. The van der Waals surface area contributed by atoms with Crippen molar-refractivity contribution >= 4 is 0 Å². The molecule has 1 atom stereocenters. The van der Waals surface area contributed by atoms with E-state index in [-0.39, 0.29) is 0 Å². The van der Waals surface area contributed by atoms with E-state index in [4.69, 9.17) is 0 Å². The predicted octanol–water partition coefficient (Wildman–Crippen LogP) is 4.20. The third kappa shape index (κ3) is 29.8. The van der Waals surface area contributed by atoms with Crippen LogP contribution in [0.5, 0.6) is 0 Å². The molecule has 1 heteroatoms. The molecule has 0 amide bonds. The molecule has 0 saturated heterocycles. The van der Waals surface area contributed by atoms with Gasteiger partial charge in [-0.1, -0.05) is 47.1 Å². The van der Waals surface area contributed by atoms with E-state index in [1.54, 1.807) is 0 Å². The van der Waals surface area contributed by atoms with Gasteiger partial charge in [0.05, 0.1) is 0 Å². The fourth-order valence-corrected chi connectivity index (χ4v) is 0.614. The van der Waals surface area contributed by atoms with Crippen LogP contribution >= 0.6 is 0 Å². The Morgan fingerprint density at radius 2 is 1.64 bits per heavy atom. The van der Waals surface area contributed by atoms with E-state index in [0.29, 0.717) is 5.92 Å². The molecule has 0 bridgehead atoms. The van der Waals surface area contributed by atoms with Crippen LogP contribution in [0.15, 0.2) is 12.7 Å². The Kier molecular flexibility index (Phi) is 25.5. The van der Waals surface area contributed by atoms with Crippen LogP contribution in [0.25, 0.3) is 0 Å². The van der Waals surface area contributed by atoms with Crippen molar-refractivity contribution in [3.8, 4) is 0 Å². The first-order valence-electron chi connectivity index (χ1n) is 5.85. The highest BCUT2D eigenvalue weighted by Gasteiger charge is 1.84. The second-order valence-electron chi connectivity index (χ2n) is 3.42. The molecule has 0 aromatic carbocycles. The minimum atomic E-state index is 0.699. The standard InChI is InChI=1S/C6H12.C5H13N.C2H6/c1-4-6(3)5-2;1-4-5-6(2)3;1-2/h4,6H,1,5H2,2-3H3;4-5H2,1-3H3;1-2H3/t6-;;/m0../s1. The summed E-state index contributed by atoms with van der Waals surface area (Å²) in [7, 11) is 4.17. The summed E-state index contributed by atoms with van der Waals surface area (Å²) in [5.41, 5.74) is 0. The molecule has 0 spiro atoms. The SMILES string of the molecule is C=C[C@H](C)CC.CC.CCCN(C)C. The number of allylic oxidation sites excluding steroid dienone is 1. The van der Waals surface area contributed by atoms with Crippen LogP contribution in [-0.4, -0.2) is 25.5 Å². The van der Waals surface area contributed by atoms with Crippen molar-refractivity contribution in [2.75, 3.05) is 20.6 Å². The van der Waals surface area contributed by atoms with Crippen molar-refractivity contribution in [2.45, 2.75) is 47.5 Å². The highest BCUT2D eigenvalue weighted by atomic mass is 15.0. The summed E-state index contributed by atoms with van der Waals surface area (Å²) in [6, 6.07) is 0. The average molecular weight is 201 g/mol. The molecule has 0 fully saturated rings. The Hall–Kier alpha value is -0.300. The van der Waals surface area contributed by atoms with Crippen LogP contribution in [0.2, 0.25) is 0 Å². The summed E-state index contributed by atoms with van der Waals surface area (Å²) in [5, 5.41) is 0. The molecule has 0 saturated carbocycles. The quantitative estimate of drug-likeness (QED) is 0.616. The molecule has 0 aromatic rings. The highest BCUT2D eigenvalue weighted by Crippen LogP contribution is 1.98. The third-order valence-electron chi connectivity index (χ3n) is 1.72. The van der Waals surface area contributed by atoms with Gasteiger partial charge in [-0.05, 0) is 33.0 Å². The van der Waals surface area contributed by atoms with Gasteiger partial charge in [0.1, 0.15) is 0 Å². The predicted molar refractivity (Wildman–Crippen MR) is 69.8 cm³/mol. The van der Waals surface area contributed by atoms with E-state index in [0.717, 1.165) is 0 Å². The maximum Gasteiger partial charge on any atom is -0.00275 e. The minimum Gasteiger partial charge on any atom is -0.309 e. The smallest absolute Gasteiger partial charge is 0.00275 e. The molecule has 88 valence electrons. The summed E-state index contributed by atoms with van der Waals surface area (Å²) in [5.74, 6) is 0.699. The minimum absolute atomic E-state index is 0.699. The van der Waals surface area contributed by atoms with Gasteiger partial charge >= 0.3 is 0 Å². The molecule has 0 radical (unpaired) electrons. The lowest BCUT2D eigenvalue weighted by Crippen LogP contribution is -2.11. The number of hydrogen-bond acceptors (Lipinski definition) is 1. The van der Waals surface area contributed by atoms with E-state index >= 15 is 0 Å². The molecule has 0 aromatic heterocycles. The average Bonchev–Trinajstić information content (AvgIpc) is 2.20. The lowest BCUT2D eigenvalue weighted by Gasteiger charge is -2.03. The molecule has 0 rings (SSSR count). The van der Waals surface area contributed by atoms with E-state index in [9.17, 15) is 0 Å². The number of nitrogens with zero attached hydrogens (tertiary/aromatic N) is 1. The molecule has 0 N–H and O–H groups in total. The lowest BCUT2D eigenvalue weighted by molar-refractivity contribution is 0.408. The van der Waals surface area contributed by atoms with Gasteiger partial charge in [0.2, 0.25) is 0 Å². The molecule has 0 unspecified atom stereocenters. The zero-order valence-electron chi connectivity index (χ0n) is 11.4. The van der Waals surface area contributed by atoms with Gasteiger partial charge in [0.25, 0.3) is 0 Å². The highest BCUT2D eigenvalue weighted by molar-refractivity contribution is 4.72. The van der Waals surface area contributed by atoms with Crippen LogP contribution < -0.4 is 0 Å². The Bertz CT molecular complexity index is 87.2. The van der Waals surface area contributed by atoms with Gasteiger partial charge in [-0.15, -0.1) is 6.58 Å². The molecule has 0 aliphatic carbocycles. The fraction of sp³-hybridized carbons (Fsp3) is 0.846. The van der Waals surface area contributed by atoms with Crippen LogP contribution in [0.1, 0.15) is 47.5 Å². The van der Waals surface area contributed by atoms with E-state index in [2.05, 4.69) is 46.3 Å². The summed E-state index contributed by atoms with van der Waals surface area (Å²) in [4.78, 5) is 2.18. The maximum atomic E-state index is 3.63. The number of hydrogen-bond donors (Lipinski definition) is 0. The number of rotatable bonds is 4. The van der Waals surface area contributed by atoms with Gasteiger partial charge in [0, 0.05) is 0 Å². The van der Waals surface area contributed by atoms with Crippen molar-refractivity contribution < 1.29 is 0 Å². The molecule has 14 heavy (non-hydrogen) atoms. The summed E-state index contributed by atoms with van der Waals surface area (Å²) in [6.45, 7) is 15.3. The van der Waals surface area contributed by atoms with Gasteiger partial charge in [-0.2, -0.15) is 0 Å². The van der Waals surface area contributed by atoms with Crippen molar-refractivity contribution in [2.24, 2.45) is 5.92 Å². The molecular weight excluding hydrogens is 170 g/mol. The normalized spacial score (nSPS) is 10.6. The molecule has 0 aliphatic rings. The van der Waals surface area contributed by atoms with Gasteiger partial charge < -0.3 is 4.90 Å². The van der Waals surface area contributed by atoms with Crippen molar-refractivity contribution in [3.05, 3.63) is 12.7 Å². The monoisotopic (exact) mass is 201 g/mol. The Morgan fingerprint density at radius 3 is 1.64 bits per heavy atom. The van der Waals surface area contributed by atoms with Crippen molar-refractivity contribution in [1.82, 2.24) is 4.90 Å². The van der Waals surface area contributed by atoms with E-state index < -0.39 is 0 Å². The van der Waals surface area contributed by atoms with Crippen LogP contribution in [0.4, 0.5) is 0 Å². The Balaban J connectivity index is -0.000000147. The lowest BCUT2D eigenvalue weighted by atomic mass is 10.1. The fourth-order valence-electron chi connectivity index (χ4n) is 0.614. The summed E-state index contributed by atoms with van der Waals surface area (Å²) >= 11 is 0. The van der Waals surface area contributed by atoms with Crippen LogP contribution in [0.3, 0.4) is 0 Å². The van der Waals surface area contributed by atoms with Gasteiger partial charge in [-0.25, -0.2) is 0 Å². The maximum absolute atomic E-state index is 3.63. The topological polar surface area (TPSA) is 3.24 Å². The van der Waals surface area contributed by atoms with Gasteiger partial charge in [-0.3, -0.25) is 0 Å². The van der Waals surface area contributed by atoms with E-state index in [1.807, 2.05) is 19.9 Å². The first kappa shape index (κ1) is 19.3.